The van der Waals surface area contributed by atoms with Gasteiger partial charge in [0.2, 0.25) is 5.91 Å². The SMILES string of the molecule is NC(=O)CC#Cc1cncc([N+](=O)[O-])c1N. The smallest absolute Gasteiger partial charge is 0.311 e. The average Bonchev–Trinajstić information content (AvgIpc) is 2.19. The van der Waals surface area contributed by atoms with Gasteiger partial charge in [0, 0.05) is 6.20 Å². The number of nitro groups is 1. The van der Waals surface area contributed by atoms with Gasteiger partial charge in [0.25, 0.3) is 0 Å². The average molecular weight is 220 g/mol. The van der Waals surface area contributed by atoms with Crippen LogP contribution in [-0.2, 0) is 4.79 Å². The summed E-state index contributed by atoms with van der Waals surface area (Å²) in [5.74, 6) is 4.36. The van der Waals surface area contributed by atoms with Crippen molar-refractivity contribution < 1.29 is 9.72 Å². The normalized spacial score (nSPS) is 9.00. The number of nitrogens with zero attached hydrogens (tertiary/aromatic N) is 2. The quantitative estimate of drug-likeness (QED) is 0.405. The van der Waals surface area contributed by atoms with Crippen LogP contribution in [0.15, 0.2) is 12.4 Å². The Balaban J connectivity index is 3.05. The van der Waals surface area contributed by atoms with Gasteiger partial charge < -0.3 is 11.5 Å². The Labute approximate surface area is 90.6 Å². The van der Waals surface area contributed by atoms with E-state index in [1.54, 1.807) is 0 Å². The highest BCUT2D eigenvalue weighted by molar-refractivity contribution is 5.77. The second-order valence-electron chi connectivity index (χ2n) is 2.82. The molecule has 0 aromatic carbocycles. The van der Waals surface area contributed by atoms with E-state index in [-0.39, 0.29) is 23.4 Å². The third-order valence-corrected chi connectivity index (χ3v) is 1.65. The summed E-state index contributed by atoms with van der Waals surface area (Å²) >= 11 is 0. The molecule has 0 fully saturated rings. The molecule has 0 aliphatic rings. The first-order valence-electron chi connectivity index (χ1n) is 4.17. The number of nitrogen functional groups attached to an aromatic ring is 1. The minimum atomic E-state index is -0.651. The van der Waals surface area contributed by atoms with Crippen LogP contribution in [0.25, 0.3) is 0 Å². The Morgan fingerprint density at radius 2 is 2.25 bits per heavy atom. The standard InChI is InChI=1S/C9H8N4O3/c10-8(14)3-1-2-6-4-12-5-7(9(6)11)13(15)16/h4-5H,3H2,(H2,10,14)(H2,11,12). The maximum absolute atomic E-state index is 10.5. The van der Waals surface area contributed by atoms with E-state index in [1.165, 1.54) is 6.20 Å². The van der Waals surface area contributed by atoms with E-state index in [4.69, 9.17) is 11.5 Å². The number of primary amides is 1. The summed E-state index contributed by atoms with van der Waals surface area (Å²) < 4.78 is 0. The molecule has 0 unspecified atom stereocenters. The van der Waals surface area contributed by atoms with E-state index < -0.39 is 10.8 Å². The molecule has 7 heteroatoms. The second-order valence-corrected chi connectivity index (χ2v) is 2.82. The van der Waals surface area contributed by atoms with Crippen LogP contribution in [-0.4, -0.2) is 15.8 Å². The number of hydrogen-bond acceptors (Lipinski definition) is 5. The van der Waals surface area contributed by atoms with E-state index in [0.717, 1.165) is 6.20 Å². The maximum Gasteiger partial charge on any atom is 0.311 e. The predicted molar refractivity (Wildman–Crippen MR) is 56.0 cm³/mol. The Hall–Kier alpha value is -2.62. The topological polar surface area (TPSA) is 125 Å². The van der Waals surface area contributed by atoms with Crippen LogP contribution in [0.3, 0.4) is 0 Å². The molecule has 0 spiro atoms. The fourth-order valence-corrected chi connectivity index (χ4v) is 0.931. The van der Waals surface area contributed by atoms with Crippen molar-refractivity contribution in [1.29, 1.82) is 0 Å². The second kappa shape index (κ2) is 4.75. The molecule has 1 rings (SSSR count). The Morgan fingerprint density at radius 1 is 1.56 bits per heavy atom. The Kier molecular flexibility index (Phi) is 3.40. The van der Waals surface area contributed by atoms with E-state index in [9.17, 15) is 14.9 Å². The number of nitrogens with two attached hydrogens (primary N) is 2. The molecule has 0 radical (unpaired) electrons. The third kappa shape index (κ3) is 2.68. The highest BCUT2D eigenvalue weighted by Crippen LogP contribution is 2.22. The molecule has 0 saturated heterocycles. The lowest BCUT2D eigenvalue weighted by Crippen LogP contribution is -2.08. The first kappa shape index (κ1) is 11.5. The summed E-state index contributed by atoms with van der Waals surface area (Å²) in [6, 6.07) is 0. The van der Waals surface area contributed by atoms with Crippen molar-refractivity contribution >= 4 is 17.3 Å². The van der Waals surface area contributed by atoms with Gasteiger partial charge in [-0.15, -0.1) is 0 Å². The molecule has 1 aromatic heterocycles. The van der Waals surface area contributed by atoms with Gasteiger partial charge in [0.1, 0.15) is 11.9 Å². The number of pyridine rings is 1. The van der Waals surface area contributed by atoms with Crippen LogP contribution in [0.2, 0.25) is 0 Å². The molecular formula is C9H8N4O3. The number of carbonyl (C=O) groups is 1. The van der Waals surface area contributed by atoms with Crippen molar-refractivity contribution in [2.75, 3.05) is 5.73 Å². The summed E-state index contributed by atoms with van der Waals surface area (Å²) in [5, 5.41) is 10.5. The lowest BCUT2D eigenvalue weighted by molar-refractivity contribution is -0.384. The van der Waals surface area contributed by atoms with Crippen LogP contribution in [0.4, 0.5) is 11.4 Å². The zero-order valence-electron chi connectivity index (χ0n) is 8.14. The van der Waals surface area contributed by atoms with Crippen molar-refractivity contribution in [3.05, 3.63) is 28.1 Å². The van der Waals surface area contributed by atoms with Crippen molar-refractivity contribution in [2.24, 2.45) is 5.73 Å². The third-order valence-electron chi connectivity index (χ3n) is 1.65. The Morgan fingerprint density at radius 3 is 2.81 bits per heavy atom. The highest BCUT2D eigenvalue weighted by Gasteiger charge is 2.13. The lowest BCUT2D eigenvalue weighted by atomic mass is 10.2. The summed E-state index contributed by atoms with van der Waals surface area (Å²) in [6.45, 7) is 0. The summed E-state index contributed by atoms with van der Waals surface area (Å²) in [5.41, 5.74) is 10.2. The molecule has 1 aromatic rings. The minimum absolute atomic E-state index is 0.0722. The van der Waals surface area contributed by atoms with Gasteiger partial charge in [-0.2, -0.15) is 0 Å². The fraction of sp³-hybridized carbons (Fsp3) is 0.111. The van der Waals surface area contributed by atoms with E-state index in [2.05, 4.69) is 16.8 Å². The fourth-order valence-electron chi connectivity index (χ4n) is 0.931. The van der Waals surface area contributed by atoms with Gasteiger partial charge in [0.05, 0.1) is 16.9 Å². The van der Waals surface area contributed by atoms with Gasteiger partial charge in [0.15, 0.2) is 0 Å². The number of hydrogen-bond donors (Lipinski definition) is 2. The summed E-state index contributed by atoms with van der Waals surface area (Å²) in [4.78, 5) is 23.9. The van der Waals surface area contributed by atoms with Crippen LogP contribution < -0.4 is 11.5 Å². The minimum Gasteiger partial charge on any atom is -0.392 e. The van der Waals surface area contributed by atoms with Gasteiger partial charge in [-0.1, -0.05) is 11.8 Å². The van der Waals surface area contributed by atoms with Gasteiger partial charge >= 0.3 is 5.69 Å². The molecule has 0 bridgehead atoms. The van der Waals surface area contributed by atoms with Crippen LogP contribution >= 0.6 is 0 Å². The zero-order chi connectivity index (χ0) is 12.1. The molecule has 7 nitrogen and oxygen atoms in total. The first-order valence-corrected chi connectivity index (χ1v) is 4.17. The van der Waals surface area contributed by atoms with Crippen LogP contribution in [0.1, 0.15) is 12.0 Å². The van der Waals surface area contributed by atoms with Gasteiger partial charge in [-0.05, 0) is 0 Å². The number of aromatic nitrogens is 1. The van der Waals surface area contributed by atoms with Gasteiger partial charge in [-0.25, -0.2) is 0 Å². The van der Waals surface area contributed by atoms with Crippen molar-refractivity contribution in [2.45, 2.75) is 6.42 Å². The Bertz CT molecular complexity index is 501. The molecule has 16 heavy (non-hydrogen) atoms. The molecule has 82 valence electrons. The maximum atomic E-state index is 10.5. The van der Waals surface area contributed by atoms with E-state index >= 15 is 0 Å². The first-order chi connectivity index (χ1) is 7.52. The molecule has 1 heterocycles. The molecular weight excluding hydrogens is 212 g/mol. The van der Waals surface area contributed by atoms with E-state index in [0.29, 0.717) is 0 Å². The van der Waals surface area contributed by atoms with Crippen molar-refractivity contribution in [3.8, 4) is 11.8 Å². The summed E-state index contributed by atoms with van der Waals surface area (Å²) in [6.07, 6.45) is 2.19. The van der Waals surface area contributed by atoms with Crippen molar-refractivity contribution in [1.82, 2.24) is 4.98 Å². The molecule has 1 amide bonds. The molecule has 0 aliphatic carbocycles. The van der Waals surface area contributed by atoms with Gasteiger partial charge in [-0.3, -0.25) is 19.9 Å². The molecule has 0 saturated carbocycles. The zero-order valence-corrected chi connectivity index (χ0v) is 8.14. The molecule has 4 N–H and O–H groups in total. The predicted octanol–water partition coefficient (Wildman–Crippen LogP) is -0.201. The number of carbonyl (C=O) groups excluding carboxylic acids is 1. The van der Waals surface area contributed by atoms with Crippen LogP contribution in [0, 0.1) is 22.0 Å². The lowest BCUT2D eigenvalue weighted by Gasteiger charge is -1.97. The molecule has 0 atom stereocenters. The molecule has 0 aliphatic heterocycles. The van der Waals surface area contributed by atoms with E-state index in [1.807, 2.05) is 0 Å². The number of anilines is 1. The van der Waals surface area contributed by atoms with Crippen LogP contribution in [0.5, 0.6) is 0 Å². The van der Waals surface area contributed by atoms with Crippen molar-refractivity contribution in [3.63, 3.8) is 0 Å². The number of rotatable bonds is 2. The monoisotopic (exact) mass is 220 g/mol. The largest absolute Gasteiger partial charge is 0.392 e. The summed E-state index contributed by atoms with van der Waals surface area (Å²) in [7, 11) is 0. The number of amides is 1. The highest BCUT2D eigenvalue weighted by atomic mass is 16.6.